The third-order valence-electron chi connectivity index (χ3n) is 4.35. The Kier molecular flexibility index (Phi) is 5.06. The van der Waals surface area contributed by atoms with Crippen LogP contribution in [0.3, 0.4) is 0 Å². The van der Waals surface area contributed by atoms with Crippen LogP contribution in [0.4, 0.5) is 5.69 Å². The molecule has 0 bridgehead atoms. The van der Waals surface area contributed by atoms with Gasteiger partial charge < -0.3 is 15.4 Å². The van der Waals surface area contributed by atoms with Crippen molar-refractivity contribution in [1.82, 2.24) is 5.32 Å². The molecule has 23 heavy (non-hydrogen) atoms. The van der Waals surface area contributed by atoms with Gasteiger partial charge in [0.25, 0.3) is 5.91 Å². The van der Waals surface area contributed by atoms with E-state index in [4.69, 9.17) is 16.3 Å². The SMILES string of the molecule is O=C(C[C@H]1Oc2ccc(Cl)cc2NC1=O)NC1CCCCCC1. The zero-order valence-electron chi connectivity index (χ0n) is 12.9. The van der Waals surface area contributed by atoms with Crippen LogP contribution in [-0.4, -0.2) is 24.0 Å². The van der Waals surface area contributed by atoms with Crippen molar-refractivity contribution in [3.63, 3.8) is 0 Å². The van der Waals surface area contributed by atoms with Crippen LogP contribution in [0.15, 0.2) is 18.2 Å². The first kappa shape index (κ1) is 16.1. The third-order valence-corrected chi connectivity index (χ3v) is 4.59. The highest BCUT2D eigenvalue weighted by Gasteiger charge is 2.30. The fraction of sp³-hybridized carbons (Fsp3) is 0.529. The maximum atomic E-state index is 12.2. The van der Waals surface area contributed by atoms with Gasteiger partial charge in [-0.3, -0.25) is 9.59 Å². The van der Waals surface area contributed by atoms with Gasteiger partial charge in [0.1, 0.15) is 5.75 Å². The lowest BCUT2D eigenvalue weighted by molar-refractivity contribution is -0.130. The van der Waals surface area contributed by atoms with E-state index in [0.717, 1.165) is 25.7 Å². The smallest absolute Gasteiger partial charge is 0.266 e. The van der Waals surface area contributed by atoms with E-state index in [0.29, 0.717) is 16.5 Å². The standard InChI is InChI=1S/C17H21ClN2O3/c18-11-7-8-14-13(9-11)20-17(22)15(23-14)10-16(21)19-12-5-3-1-2-4-6-12/h7-9,12,15H,1-6,10H2,(H,19,21)(H,20,22)/t15-/m1/s1. The summed E-state index contributed by atoms with van der Waals surface area (Å²) >= 11 is 5.90. The molecular formula is C17H21ClN2O3. The molecule has 2 N–H and O–H groups in total. The maximum Gasteiger partial charge on any atom is 0.266 e. The van der Waals surface area contributed by atoms with Crippen molar-refractivity contribution in [3.8, 4) is 5.75 Å². The molecule has 2 amide bonds. The predicted octanol–water partition coefficient (Wildman–Crippen LogP) is 3.27. The number of ether oxygens (including phenoxy) is 1. The molecule has 124 valence electrons. The van der Waals surface area contributed by atoms with Crippen LogP contribution < -0.4 is 15.4 Å². The van der Waals surface area contributed by atoms with Crippen molar-refractivity contribution in [2.24, 2.45) is 0 Å². The summed E-state index contributed by atoms with van der Waals surface area (Å²) in [7, 11) is 0. The van der Waals surface area contributed by atoms with E-state index in [2.05, 4.69) is 10.6 Å². The molecule has 5 nitrogen and oxygen atoms in total. The number of carbonyl (C=O) groups excluding carboxylic acids is 2. The van der Waals surface area contributed by atoms with Crippen molar-refractivity contribution >= 4 is 29.1 Å². The molecule has 1 fully saturated rings. The van der Waals surface area contributed by atoms with E-state index in [1.54, 1.807) is 18.2 Å². The molecule has 0 radical (unpaired) electrons. The Morgan fingerprint density at radius 2 is 2.00 bits per heavy atom. The summed E-state index contributed by atoms with van der Waals surface area (Å²) in [6.07, 6.45) is 6.05. The van der Waals surface area contributed by atoms with E-state index >= 15 is 0 Å². The Hall–Kier alpha value is -1.75. The number of carbonyl (C=O) groups is 2. The van der Waals surface area contributed by atoms with Crippen LogP contribution in [0.5, 0.6) is 5.75 Å². The second-order valence-electron chi connectivity index (χ2n) is 6.20. The van der Waals surface area contributed by atoms with E-state index < -0.39 is 6.10 Å². The number of amides is 2. The minimum absolute atomic E-state index is 0.0321. The van der Waals surface area contributed by atoms with Gasteiger partial charge in [0.15, 0.2) is 6.10 Å². The van der Waals surface area contributed by atoms with Gasteiger partial charge >= 0.3 is 0 Å². The molecule has 0 spiro atoms. The molecule has 2 aliphatic rings. The Balaban J connectivity index is 1.58. The van der Waals surface area contributed by atoms with Crippen molar-refractivity contribution in [3.05, 3.63) is 23.2 Å². The quantitative estimate of drug-likeness (QED) is 0.832. The lowest BCUT2D eigenvalue weighted by Gasteiger charge is -2.26. The van der Waals surface area contributed by atoms with Crippen molar-refractivity contribution < 1.29 is 14.3 Å². The van der Waals surface area contributed by atoms with Crippen LogP contribution >= 0.6 is 11.6 Å². The third kappa shape index (κ3) is 4.16. The molecule has 1 aliphatic heterocycles. The first-order valence-electron chi connectivity index (χ1n) is 8.18. The zero-order valence-corrected chi connectivity index (χ0v) is 13.7. The summed E-state index contributed by atoms with van der Waals surface area (Å²) in [5, 5.41) is 6.31. The topological polar surface area (TPSA) is 67.4 Å². The summed E-state index contributed by atoms with van der Waals surface area (Å²) in [5.74, 6) is 0.103. The van der Waals surface area contributed by atoms with Crippen LogP contribution in [0.1, 0.15) is 44.9 Å². The molecule has 1 aromatic rings. The molecule has 1 saturated carbocycles. The van der Waals surface area contributed by atoms with Crippen molar-refractivity contribution in [1.29, 1.82) is 0 Å². The number of halogens is 1. The number of rotatable bonds is 3. The van der Waals surface area contributed by atoms with Crippen LogP contribution in [0.25, 0.3) is 0 Å². The number of benzene rings is 1. The monoisotopic (exact) mass is 336 g/mol. The van der Waals surface area contributed by atoms with Crippen LogP contribution in [0, 0.1) is 0 Å². The number of fused-ring (bicyclic) bond motifs is 1. The van der Waals surface area contributed by atoms with Gasteiger partial charge in [-0.1, -0.05) is 37.3 Å². The summed E-state index contributed by atoms with van der Waals surface area (Å²) in [6.45, 7) is 0. The van der Waals surface area contributed by atoms with Gasteiger partial charge in [0.2, 0.25) is 5.91 Å². The Morgan fingerprint density at radius 3 is 2.74 bits per heavy atom. The van der Waals surface area contributed by atoms with Gasteiger partial charge in [-0.2, -0.15) is 0 Å². The van der Waals surface area contributed by atoms with Gasteiger partial charge in [-0.15, -0.1) is 0 Å². The molecule has 1 aliphatic carbocycles. The summed E-state index contributed by atoms with van der Waals surface area (Å²) in [6, 6.07) is 5.26. The number of anilines is 1. The molecule has 1 heterocycles. The zero-order chi connectivity index (χ0) is 16.2. The normalized spacial score (nSPS) is 21.6. The van der Waals surface area contributed by atoms with Crippen molar-refractivity contribution in [2.45, 2.75) is 57.1 Å². The molecule has 3 rings (SSSR count). The molecule has 0 aromatic heterocycles. The Morgan fingerprint density at radius 1 is 1.26 bits per heavy atom. The molecule has 6 heteroatoms. The molecule has 1 atom stereocenters. The summed E-state index contributed by atoms with van der Waals surface area (Å²) in [4.78, 5) is 24.3. The lowest BCUT2D eigenvalue weighted by atomic mass is 10.1. The fourth-order valence-electron chi connectivity index (χ4n) is 3.14. The first-order chi connectivity index (χ1) is 11.1. The Bertz CT molecular complexity index is 598. The van der Waals surface area contributed by atoms with Crippen LogP contribution in [-0.2, 0) is 9.59 Å². The molecular weight excluding hydrogens is 316 g/mol. The fourth-order valence-corrected chi connectivity index (χ4v) is 3.31. The second-order valence-corrected chi connectivity index (χ2v) is 6.63. The van der Waals surface area contributed by atoms with E-state index in [1.165, 1.54) is 12.8 Å². The highest BCUT2D eigenvalue weighted by molar-refractivity contribution is 6.31. The van der Waals surface area contributed by atoms with E-state index in [9.17, 15) is 9.59 Å². The van der Waals surface area contributed by atoms with Gasteiger partial charge in [0, 0.05) is 11.1 Å². The average molecular weight is 337 g/mol. The van der Waals surface area contributed by atoms with E-state index in [-0.39, 0.29) is 24.3 Å². The average Bonchev–Trinajstić information content (AvgIpc) is 2.77. The Labute approximate surface area is 140 Å². The molecule has 1 aromatic carbocycles. The summed E-state index contributed by atoms with van der Waals surface area (Å²) < 4.78 is 5.65. The highest BCUT2D eigenvalue weighted by Crippen LogP contribution is 2.32. The van der Waals surface area contributed by atoms with Gasteiger partial charge in [-0.25, -0.2) is 0 Å². The number of hydrogen-bond donors (Lipinski definition) is 2. The first-order valence-corrected chi connectivity index (χ1v) is 8.56. The van der Waals surface area contributed by atoms with Gasteiger partial charge in [-0.05, 0) is 31.0 Å². The number of nitrogens with one attached hydrogen (secondary N) is 2. The second kappa shape index (κ2) is 7.21. The maximum absolute atomic E-state index is 12.2. The minimum atomic E-state index is -0.797. The van der Waals surface area contributed by atoms with E-state index in [1.807, 2.05) is 0 Å². The lowest BCUT2D eigenvalue weighted by Crippen LogP contribution is -2.43. The number of hydrogen-bond acceptors (Lipinski definition) is 3. The highest BCUT2D eigenvalue weighted by atomic mass is 35.5. The van der Waals surface area contributed by atoms with Crippen molar-refractivity contribution in [2.75, 3.05) is 5.32 Å². The van der Waals surface area contributed by atoms with Gasteiger partial charge in [0.05, 0.1) is 12.1 Å². The molecule has 0 saturated heterocycles. The molecule has 0 unspecified atom stereocenters. The summed E-state index contributed by atoms with van der Waals surface area (Å²) in [5.41, 5.74) is 0.544. The van der Waals surface area contributed by atoms with Crippen LogP contribution in [0.2, 0.25) is 5.02 Å². The predicted molar refractivity (Wildman–Crippen MR) is 88.7 cm³/mol. The minimum Gasteiger partial charge on any atom is -0.478 e. The largest absolute Gasteiger partial charge is 0.478 e.